The molecule has 6 heterocycles. The number of aromatic nitrogens is 6. The van der Waals surface area contributed by atoms with E-state index >= 15 is 0 Å². The van der Waals surface area contributed by atoms with Crippen LogP contribution in [0.5, 0.6) is 0 Å². The Morgan fingerprint density at radius 1 is 0.722 bits per heavy atom. The summed E-state index contributed by atoms with van der Waals surface area (Å²) in [7, 11) is -6.64. The van der Waals surface area contributed by atoms with E-state index in [1.807, 2.05) is 30.3 Å². The van der Waals surface area contributed by atoms with Crippen molar-refractivity contribution in [3.8, 4) is 22.5 Å². The number of nitrogens with one attached hydrogen (secondary N) is 5. The molecule has 0 fully saturated rings. The van der Waals surface area contributed by atoms with Gasteiger partial charge in [0.05, 0.1) is 46.1 Å². The van der Waals surface area contributed by atoms with Crippen molar-refractivity contribution >= 4 is 59.7 Å². The molecular formula is C34H36FN10NaO6S2. The van der Waals surface area contributed by atoms with Crippen molar-refractivity contribution in [2.75, 3.05) is 30.3 Å². The molecule has 4 aromatic heterocycles. The van der Waals surface area contributed by atoms with E-state index in [1.165, 1.54) is 0 Å². The summed E-state index contributed by atoms with van der Waals surface area (Å²) >= 11 is 0. The SMILES string of the molecule is CS(N)(=O)=O.Cc1nc2cccc(-c3cc4c([nH]3)CCNC4=O)c2nc1F.Cc1nc2cccc(-c3cc4c([nH]3)CCNC4=O)c2nc1NS(C)(=O)=O.[H-].[Na+]. The summed E-state index contributed by atoms with van der Waals surface area (Å²) in [6.07, 6.45) is 3.50. The Labute approximate surface area is 333 Å². The smallest absolute Gasteiger partial charge is 1.00 e. The number of para-hydroxylation sites is 2. The Kier molecular flexibility index (Phi) is 11.9. The zero-order valence-corrected chi connectivity index (χ0v) is 33.6. The summed E-state index contributed by atoms with van der Waals surface area (Å²) in [6.45, 7) is 4.51. The molecule has 2 aliphatic heterocycles. The van der Waals surface area contributed by atoms with Gasteiger partial charge in [0.15, 0.2) is 5.82 Å². The second-order valence-electron chi connectivity index (χ2n) is 12.5. The van der Waals surface area contributed by atoms with Crippen molar-refractivity contribution in [1.29, 1.82) is 0 Å². The normalized spacial score (nSPS) is 13.6. The standard InChI is InChI=1S/C17H17N5O3S.C16H13FN4O.CH5NO2S.Na.H/c1-9-16(22-26(2,24)25)21-15-10(4-3-5-13(15)19-9)14-8-11-12(20-14)6-7-18-17(11)23;1-8-15(17)21-14-9(3-2-4-12(14)19-8)13-7-10-11(20-13)5-6-18-16(10)22;1-5(2,3)4;;/h3-5,8,20H,6-7H2,1-2H3,(H,18,23)(H,21,22);2-4,7,20H,5-6H2,1H3,(H,18,22);1H3,(H2,2,3,4);;/q;;;+1;-1. The molecule has 0 saturated heterocycles. The Bertz CT molecular complexity index is 2660. The maximum atomic E-state index is 13.8. The Hall–Kier alpha value is -4.79. The first-order valence-electron chi connectivity index (χ1n) is 16.1. The van der Waals surface area contributed by atoms with E-state index < -0.39 is 26.0 Å². The van der Waals surface area contributed by atoms with Crippen LogP contribution in [0.15, 0.2) is 48.5 Å². The summed E-state index contributed by atoms with van der Waals surface area (Å²) in [6, 6.07) is 14.6. The van der Waals surface area contributed by atoms with Crippen LogP contribution in [-0.2, 0) is 32.9 Å². The van der Waals surface area contributed by atoms with Gasteiger partial charge in [0.1, 0.15) is 11.0 Å². The number of amides is 2. The van der Waals surface area contributed by atoms with Crippen LogP contribution in [0, 0.1) is 19.8 Å². The minimum atomic E-state index is -3.47. The molecule has 8 rings (SSSR count). The maximum Gasteiger partial charge on any atom is 1.00 e. The van der Waals surface area contributed by atoms with Gasteiger partial charge in [-0.15, -0.1) is 0 Å². The zero-order chi connectivity index (χ0) is 38.2. The number of aromatic amines is 2. The molecule has 278 valence electrons. The van der Waals surface area contributed by atoms with Crippen molar-refractivity contribution in [2.24, 2.45) is 5.14 Å². The zero-order valence-electron chi connectivity index (χ0n) is 31.0. The number of rotatable bonds is 4. The number of hydrogen-bond donors (Lipinski definition) is 6. The topological polar surface area (TPSA) is 248 Å². The van der Waals surface area contributed by atoms with Gasteiger partial charge in [-0.1, -0.05) is 24.3 Å². The average molecular weight is 787 g/mol. The van der Waals surface area contributed by atoms with Crippen molar-refractivity contribution in [1.82, 2.24) is 40.5 Å². The number of carbonyl (C=O) groups excluding carboxylic acids is 2. The molecule has 0 aliphatic carbocycles. The van der Waals surface area contributed by atoms with Crippen LogP contribution in [0.1, 0.15) is 44.9 Å². The first-order valence-corrected chi connectivity index (χ1v) is 20.0. The van der Waals surface area contributed by atoms with Crippen LogP contribution in [0.25, 0.3) is 44.6 Å². The molecular weight excluding hydrogens is 751 g/mol. The van der Waals surface area contributed by atoms with E-state index in [0.717, 1.165) is 59.3 Å². The van der Waals surface area contributed by atoms with Gasteiger partial charge in [0.2, 0.25) is 26.0 Å². The van der Waals surface area contributed by atoms with Gasteiger partial charge < -0.3 is 22.0 Å². The summed E-state index contributed by atoms with van der Waals surface area (Å²) in [5, 5.41) is 9.96. The molecule has 0 saturated carbocycles. The molecule has 0 atom stereocenters. The Balaban J connectivity index is 0.000000213. The Morgan fingerprint density at radius 2 is 1.17 bits per heavy atom. The van der Waals surface area contributed by atoms with Gasteiger partial charge in [-0.2, -0.15) is 4.39 Å². The van der Waals surface area contributed by atoms with E-state index in [4.69, 9.17) is 0 Å². The second kappa shape index (κ2) is 15.9. The molecule has 2 amide bonds. The van der Waals surface area contributed by atoms with Gasteiger partial charge in [0, 0.05) is 59.8 Å². The van der Waals surface area contributed by atoms with Gasteiger partial charge in [0.25, 0.3) is 11.8 Å². The summed E-state index contributed by atoms with van der Waals surface area (Å²) in [5.41, 5.74) is 9.15. The number of H-pyrrole nitrogens is 2. The molecule has 16 nitrogen and oxygen atoms in total. The van der Waals surface area contributed by atoms with Gasteiger partial charge in [-0.05, 0) is 38.1 Å². The van der Waals surface area contributed by atoms with Gasteiger partial charge >= 0.3 is 29.6 Å². The van der Waals surface area contributed by atoms with E-state index in [-0.39, 0.29) is 54.3 Å². The predicted molar refractivity (Wildman–Crippen MR) is 199 cm³/mol. The summed E-state index contributed by atoms with van der Waals surface area (Å²) < 4.78 is 58.2. The number of sulfonamides is 2. The molecule has 0 radical (unpaired) electrons. The monoisotopic (exact) mass is 786 g/mol. The third kappa shape index (κ3) is 9.28. The molecule has 7 N–H and O–H groups in total. The van der Waals surface area contributed by atoms with E-state index in [9.17, 15) is 30.8 Å². The molecule has 6 aromatic rings. The van der Waals surface area contributed by atoms with Gasteiger partial charge in [-0.3, -0.25) is 14.3 Å². The first-order chi connectivity index (χ1) is 24.9. The quantitative estimate of drug-likeness (QED) is 0.130. The number of benzene rings is 2. The molecule has 2 aliphatic rings. The molecule has 0 unspecified atom stereocenters. The fraction of sp³-hybridized carbons (Fsp3) is 0.235. The number of fused-ring (bicyclic) bond motifs is 4. The minimum Gasteiger partial charge on any atom is -1.00 e. The third-order valence-electron chi connectivity index (χ3n) is 8.15. The number of hydrogen-bond acceptors (Lipinski definition) is 10. The fourth-order valence-electron chi connectivity index (χ4n) is 5.89. The van der Waals surface area contributed by atoms with Crippen molar-refractivity contribution in [3.05, 3.63) is 88.4 Å². The van der Waals surface area contributed by atoms with Crippen LogP contribution in [0.4, 0.5) is 10.2 Å². The molecule has 0 bridgehead atoms. The molecule has 2 aromatic carbocycles. The number of aryl methyl sites for hydroxylation is 2. The van der Waals surface area contributed by atoms with Crippen LogP contribution >= 0.6 is 0 Å². The minimum absolute atomic E-state index is 0. The number of anilines is 1. The first kappa shape index (κ1) is 40.4. The molecule has 54 heavy (non-hydrogen) atoms. The average Bonchev–Trinajstić information content (AvgIpc) is 3.71. The largest absolute Gasteiger partial charge is 1.00 e. The van der Waals surface area contributed by atoms with Crippen molar-refractivity contribution in [2.45, 2.75) is 26.7 Å². The fourth-order valence-corrected chi connectivity index (χ4v) is 6.44. The van der Waals surface area contributed by atoms with Crippen LogP contribution < -0.4 is 50.1 Å². The van der Waals surface area contributed by atoms with Gasteiger partial charge in [-0.25, -0.2) is 41.9 Å². The summed E-state index contributed by atoms with van der Waals surface area (Å²) in [4.78, 5) is 47.6. The number of carbonyl (C=O) groups is 2. The maximum absolute atomic E-state index is 13.8. The van der Waals surface area contributed by atoms with Crippen LogP contribution in [0.3, 0.4) is 0 Å². The van der Waals surface area contributed by atoms with E-state index in [2.05, 4.69) is 50.4 Å². The number of nitrogens with zero attached hydrogens (tertiary/aromatic N) is 4. The number of nitrogens with two attached hydrogens (primary N) is 1. The summed E-state index contributed by atoms with van der Waals surface area (Å²) in [5.74, 6) is -0.567. The third-order valence-corrected chi connectivity index (χ3v) is 8.72. The van der Waals surface area contributed by atoms with Crippen LogP contribution in [0.2, 0.25) is 0 Å². The molecule has 20 heteroatoms. The predicted octanol–water partition coefficient (Wildman–Crippen LogP) is -0.0298. The van der Waals surface area contributed by atoms with E-state index in [1.54, 1.807) is 32.0 Å². The van der Waals surface area contributed by atoms with Crippen molar-refractivity contribution in [3.63, 3.8) is 0 Å². The number of halogens is 1. The van der Waals surface area contributed by atoms with Crippen LogP contribution in [-0.4, -0.2) is 84.2 Å². The second-order valence-corrected chi connectivity index (χ2v) is 15.9. The van der Waals surface area contributed by atoms with E-state index in [0.29, 0.717) is 52.0 Å². The Morgan fingerprint density at radius 3 is 1.61 bits per heavy atom. The number of primary sulfonamides is 1. The van der Waals surface area contributed by atoms with Crippen molar-refractivity contribution < 1.29 is 61.8 Å². The molecule has 0 spiro atoms.